The highest BCUT2D eigenvalue weighted by atomic mass is 35.5. The zero-order valence-corrected chi connectivity index (χ0v) is 19.8. The van der Waals surface area contributed by atoms with E-state index < -0.39 is 0 Å². The first-order valence-electron chi connectivity index (χ1n) is 9.79. The molecule has 10 heteroatoms. The molecule has 164 valence electrons. The number of aromatic nitrogens is 4. The molecule has 0 spiro atoms. The van der Waals surface area contributed by atoms with Crippen molar-refractivity contribution in [2.24, 2.45) is 0 Å². The zero-order chi connectivity index (χ0) is 22.5. The molecular formula is C22H20ClN5O2S2. The first kappa shape index (κ1) is 22.3. The molecule has 0 atom stereocenters. The molecule has 0 saturated heterocycles. The van der Waals surface area contributed by atoms with Crippen molar-refractivity contribution in [1.29, 1.82) is 0 Å². The van der Waals surface area contributed by atoms with Crippen LogP contribution >= 0.6 is 34.7 Å². The Morgan fingerprint density at radius 3 is 2.53 bits per heavy atom. The standard InChI is InChI=1S/C22H20ClN5O2S2/c1-3-28-20(15-6-10-17(30-2)11-7-15)26-27-22(28)32-13-19(29)25-21-24-18(12-31-21)14-4-8-16(23)9-5-14/h4-12H,3,13H2,1-2H3,(H,24,25,29). The molecule has 0 aliphatic heterocycles. The number of amides is 1. The van der Waals surface area contributed by atoms with Crippen LogP contribution in [0.15, 0.2) is 59.1 Å². The Morgan fingerprint density at radius 2 is 1.84 bits per heavy atom. The molecular weight excluding hydrogens is 466 g/mol. The summed E-state index contributed by atoms with van der Waals surface area (Å²) in [7, 11) is 1.63. The van der Waals surface area contributed by atoms with E-state index in [2.05, 4.69) is 20.5 Å². The van der Waals surface area contributed by atoms with E-state index in [9.17, 15) is 4.79 Å². The van der Waals surface area contributed by atoms with Crippen molar-refractivity contribution in [2.45, 2.75) is 18.6 Å². The molecule has 0 saturated carbocycles. The second kappa shape index (κ2) is 10.2. The summed E-state index contributed by atoms with van der Waals surface area (Å²) in [5.74, 6) is 1.59. The van der Waals surface area contributed by atoms with Gasteiger partial charge in [0.15, 0.2) is 16.1 Å². The second-order valence-electron chi connectivity index (χ2n) is 6.66. The molecule has 0 fully saturated rings. The van der Waals surface area contributed by atoms with Crippen LogP contribution in [-0.4, -0.2) is 38.5 Å². The molecule has 0 bridgehead atoms. The SMILES string of the molecule is CCn1c(SCC(=O)Nc2nc(-c3ccc(Cl)cc3)cs2)nnc1-c1ccc(OC)cc1. The number of thioether (sulfide) groups is 1. The summed E-state index contributed by atoms with van der Waals surface area (Å²) in [5.41, 5.74) is 2.68. The number of hydrogen-bond donors (Lipinski definition) is 1. The van der Waals surface area contributed by atoms with E-state index in [0.717, 1.165) is 28.4 Å². The molecule has 1 N–H and O–H groups in total. The average Bonchev–Trinajstić information content (AvgIpc) is 3.45. The number of thiazole rings is 1. The predicted molar refractivity (Wildman–Crippen MR) is 130 cm³/mol. The summed E-state index contributed by atoms with van der Waals surface area (Å²) >= 11 is 8.66. The second-order valence-corrected chi connectivity index (χ2v) is 8.90. The van der Waals surface area contributed by atoms with E-state index in [1.807, 2.05) is 65.4 Å². The summed E-state index contributed by atoms with van der Waals surface area (Å²) in [5, 5.41) is 15.3. The number of hydrogen-bond acceptors (Lipinski definition) is 7. The maximum absolute atomic E-state index is 12.5. The summed E-state index contributed by atoms with van der Waals surface area (Å²) < 4.78 is 7.20. The number of rotatable bonds is 8. The number of carbonyl (C=O) groups is 1. The van der Waals surface area contributed by atoms with Gasteiger partial charge in [0.25, 0.3) is 0 Å². The Kier molecular flexibility index (Phi) is 7.09. The van der Waals surface area contributed by atoms with Gasteiger partial charge in [0.1, 0.15) is 5.75 Å². The zero-order valence-electron chi connectivity index (χ0n) is 17.4. The van der Waals surface area contributed by atoms with Crippen LogP contribution in [0.25, 0.3) is 22.6 Å². The lowest BCUT2D eigenvalue weighted by molar-refractivity contribution is -0.113. The van der Waals surface area contributed by atoms with Crippen LogP contribution in [0, 0.1) is 0 Å². The fraction of sp³-hybridized carbons (Fsp3) is 0.182. The molecule has 4 rings (SSSR count). The van der Waals surface area contributed by atoms with Crippen LogP contribution in [0.1, 0.15) is 6.92 Å². The number of nitrogens with zero attached hydrogens (tertiary/aromatic N) is 4. The largest absolute Gasteiger partial charge is 0.497 e. The number of benzene rings is 2. The first-order chi connectivity index (χ1) is 15.6. The van der Waals surface area contributed by atoms with Gasteiger partial charge in [0, 0.05) is 28.1 Å². The number of carbonyl (C=O) groups excluding carboxylic acids is 1. The van der Waals surface area contributed by atoms with Gasteiger partial charge in [-0.05, 0) is 43.3 Å². The van der Waals surface area contributed by atoms with Gasteiger partial charge >= 0.3 is 0 Å². The summed E-state index contributed by atoms with van der Waals surface area (Å²) in [4.78, 5) is 17.0. The summed E-state index contributed by atoms with van der Waals surface area (Å²) in [6.07, 6.45) is 0. The maximum atomic E-state index is 12.5. The molecule has 7 nitrogen and oxygen atoms in total. The molecule has 0 radical (unpaired) electrons. The van der Waals surface area contributed by atoms with Crippen LogP contribution in [-0.2, 0) is 11.3 Å². The van der Waals surface area contributed by atoms with Gasteiger partial charge in [-0.15, -0.1) is 21.5 Å². The third-order valence-electron chi connectivity index (χ3n) is 4.60. The number of halogens is 1. The minimum absolute atomic E-state index is 0.149. The van der Waals surface area contributed by atoms with Gasteiger partial charge in [-0.1, -0.05) is 35.5 Å². The Bertz CT molecular complexity index is 1210. The highest BCUT2D eigenvalue weighted by Gasteiger charge is 2.15. The third kappa shape index (κ3) is 5.12. The lowest BCUT2D eigenvalue weighted by Gasteiger charge is -2.08. The fourth-order valence-electron chi connectivity index (χ4n) is 3.00. The van der Waals surface area contributed by atoms with E-state index >= 15 is 0 Å². The van der Waals surface area contributed by atoms with Crippen molar-refractivity contribution in [1.82, 2.24) is 19.7 Å². The minimum atomic E-state index is -0.149. The van der Waals surface area contributed by atoms with Crippen molar-refractivity contribution >= 4 is 45.7 Å². The Hall–Kier alpha value is -2.88. The Morgan fingerprint density at radius 1 is 1.12 bits per heavy atom. The quantitative estimate of drug-likeness (QED) is 0.333. The van der Waals surface area contributed by atoms with Crippen molar-refractivity contribution in [3.8, 4) is 28.4 Å². The van der Waals surface area contributed by atoms with Gasteiger partial charge < -0.3 is 14.6 Å². The van der Waals surface area contributed by atoms with Crippen LogP contribution in [0.5, 0.6) is 5.75 Å². The van der Waals surface area contributed by atoms with Gasteiger partial charge in [-0.3, -0.25) is 4.79 Å². The predicted octanol–water partition coefficient (Wildman–Crippen LogP) is 5.48. The molecule has 4 aromatic rings. The van der Waals surface area contributed by atoms with Crippen molar-refractivity contribution < 1.29 is 9.53 Å². The molecule has 0 aliphatic rings. The van der Waals surface area contributed by atoms with Gasteiger partial charge in [0.05, 0.1) is 18.6 Å². The summed E-state index contributed by atoms with van der Waals surface area (Å²) in [6, 6.07) is 15.1. The highest BCUT2D eigenvalue weighted by Crippen LogP contribution is 2.28. The highest BCUT2D eigenvalue weighted by molar-refractivity contribution is 7.99. The van der Waals surface area contributed by atoms with E-state index in [0.29, 0.717) is 21.9 Å². The van der Waals surface area contributed by atoms with Crippen LogP contribution in [0.3, 0.4) is 0 Å². The van der Waals surface area contributed by atoms with E-state index in [1.165, 1.54) is 23.1 Å². The van der Waals surface area contributed by atoms with Crippen LogP contribution in [0.4, 0.5) is 5.13 Å². The molecule has 2 aromatic heterocycles. The molecule has 1 amide bonds. The third-order valence-corrected chi connectivity index (χ3v) is 6.58. The average molecular weight is 486 g/mol. The number of nitrogens with one attached hydrogen (secondary N) is 1. The van der Waals surface area contributed by atoms with Crippen molar-refractivity contribution in [2.75, 3.05) is 18.2 Å². The molecule has 0 aliphatic carbocycles. The Labute approximate surface area is 198 Å². The number of anilines is 1. The monoisotopic (exact) mass is 485 g/mol. The number of ether oxygens (including phenoxy) is 1. The normalized spacial score (nSPS) is 10.8. The molecule has 2 aromatic carbocycles. The van der Waals surface area contributed by atoms with Gasteiger partial charge in [-0.2, -0.15) is 0 Å². The van der Waals surface area contributed by atoms with Crippen LogP contribution in [0.2, 0.25) is 5.02 Å². The van der Waals surface area contributed by atoms with Gasteiger partial charge in [-0.25, -0.2) is 4.98 Å². The van der Waals surface area contributed by atoms with Crippen LogP contribution < -0.4 is 10.1 Å². The fourth-order valence-corrected chi connectivity index (χ4v) is 4.67. The first-order valence-corrected chi connectivity index (χ1v) is 12.0. The smallest absolute Gasteiger partial charge is 0.236 e. The topological polar surface area (TPSA) is 81.9 Å². The lowest BCUT2D eigenvalue weighted by atomic mass is 10.2. The molecule has 2 heterocycles. The minimum Gasteiger partial charge on any atom is -0.497 e. The van der Waals surface area contributed by atoms with Crippen molar-refractivity contribution in [3.63, 3.8) is 0 Å². The van der Waals surface area contributed by atoms with Gasteiger partial charge in [0.2, 0.25) is 5.91 Å². The maximum Gasteiger partial charge on any atom is 0.236 e. The van der Waals surface area contributed by atoms with Crippen molar-refractivity contribution in [3.05, 3.63) is 58.9 Å². The molecule has 32 heavy (non-hydrogen) atoms. The van der Waals surface area contributed by atoms with E-state index in [1.54, 1.807) is 7.11 Å². The van der Waals surface area contributed by atoms with E-state index in [4.69, 9.17) is 16.3 Å². The number of methoxy groups -OCH3 is 1. The van der Waals surface area contributed by atoms with E-state index in [-0.39, 0.29) is 11.7 Å². The molecule has 0 unspecified atom stereocenters. The Balaban J connectivity index is 1.39. The summed E-state index contributed by atoms with van der Waals surface area (Å²) in [6.45, 7) is 2.71. The lowest BCUT2D eigenvalue weighted by Crippen LogP contribution is -2.14.